The minimum atomic E-state index is -0.996. The lowest BCUT2D eigenvalue weighted by Crippen LogP contribution is -2.17. The van der Waals surface area contributed by atoms with Crippen molar-refractivity contribution in [3.63, 3.8) is 0 Å². The van der Waals surface area contributed by atoms with Gasteiger partial charge in [0.15, 0.2) is 0 Å². The summed E-state index contributed by atoms with van der Waals surface area (Å²) in [5, 5.41) is 30.2. The number of rotatable bonds is 12. The van der Waals surface area contributed by atoms with Crippen LogP contribution in [-0.2, 0) is 13.1 Å². The van der Waals surface area contributed by atoms with Gasteiger partial charge in [0.25, 0.3) is 11.8 Å². The van der Waals surface area contributed by atoms with E-state index in [9.17, 15) is 19.2 Å². The van der Waals surface area contributed by atoms with Crippen molar-refractivity contribution in [3.05, 3.63) is 145 Å². The van der Waals surface area contributed by atoms with E-state index in [0.717, 1.165) is 40.4 Å². The molecule has 4 aromatic heterocycles. The number of carbonyl (C=O) groups excluding carboxylic acids is 2. The lowest BCUT2D eigenvalue weighted by atomic mass is 9.90. The Bertz CT molecular complexity index is 2500. The molecular weight excluding hydrogens is 797 g/mol. The van der Waals surface area contributed by atoms with E-state index in [2.05, 4.69) is 27.5 Å². The van der Waals surface area contributed by atoms with E-state index in [-0.39, 0.29) is 22.9 Å². The SMILES string of the molecule is Cc1cc(C(=O)Nc2ccc(C(=O)O)cc2)n(Cc2csc(C3=CCCCC3)n2)c1.Cc1cc(C(=O)Nc2ccc(C(=O)O)cc2)n(Cc2csc(C3CCCCC3)n2)c1. The van der Waals surface area contributed by atoms with Crippen LogP contribution in [0.5, 0.6) is 0 Å². The molecule has 0 radical (unpaired) electrons. The number of benzene rings is 2. The number of aromatic nitrogens is 4. The van der Waals surface area contributed by atoms with Crippen molar-refractivity contribution in [2.45, 2.75) is 90.6 Å². The molecule has 4 N–H and O–H groups in total. The van der Waals surface area contributed by atoms with Gasteiger partial charge in [-0.2, -0.15) is 0 Å². The molecule has 6 aromatic rings. The van der Waals surface area contributed by atoms with E-state index in [1.807, 2.05) is 47.5 Å². The number of hydrogen-bond donors (Lipinski definition) is 4. The molecule has 0 aliphatic heterocycles. The number of anilines is 2. The second-order valence-electron chi connectivity index (χ2n) is 15.4. The van der Waals surface area contributed by atoms with Gasteiger partial charge in [-0.1, -0.05) is 25.3 Å². The van der Waals surface area contributed by atoms with Crippen LogP contribution in [0.25, 0.3) is 5.57 Å². The Balaban J connectivity index is 0.000000181. The Hall–Kier alpha value is -6.12. The number of allylic oxidation sites excluding steroid dienone is 2. The van der Waals surface area contributed by atoms with Crippen LogP contribution in [0.1, 0.15) is 138 Å². The highest BCUT2D eigenvalue weighted by Crippen LogP contribution is 2.34. The maximum absolute atomic E-state index is 12.8. The molecule has 1 saturated carbocycles. The number of nitrogens with one attached hydrogen (secondary N) is 2. The van der Waals surface area contributed by atoms with E-state index in [1.54, 1.807) is 46.9 Å². The van der Waals surface area contributed by atoms with Crippen LogP contribution in [0.15, 0.2) is 89.9 Å². The molecule has 12 nitrogen and oxygen atoms in total. The fraction of sp³-hybridized carbons (Fsp3) is 0.304. The average molecular weight is 845 g/mol. The largest absolute Gasteiger partial charge is 0.478 e. The molecule has 2 aliphatic carbocycles. The first kappa shape index (κ1) is 42.0. The second kappa shape index (κ2) is 19.3. The molecule has 0 atom stereocenters. The number of carboxylic acid groups (broad SMARTS) is 2. The van der Waals surface area contributed by atoms with Crippen molar-refractivity contribution in [2.75, 3.05) is 10.6 Å². The van der Waals surface area contributed by atoms with Gasteiger partial charge >= 0.3 is 11.9 Å². The first-order valence-corrected chi connectivity index (χ1v) is 22.0. The summed E-state index contributed by atoms with van der Waals surface area (Å²) in [6, 6.07) is 16.0. The summed E-state index contributed by atoms with van der Waals surface area (Å²) in [7, 11) is 0. The van der Waals surface area contributed by atoms with Gasteiger partial charge in [-0.05, 0) is 130 Å². The number of aryl methyl sites for hydroxylation is 2. The number of nitrogens with zero attached hydrogens (tertiary/aromatic N) is 4. The number of aromatic carboxylic acids is 2. The number of thiazole rings is 2. The summed E-state index contributed by atoms with van der Waals surface area (Å²) in [6.07, 6.45) is 17.2. The Morgan fingerprint density at radius 1 is 0.683 bits per heavy atom. The van der Waals surface area contributed by atoms with E-state index >= 15 is 0 Å². The molecule has 310 valence electrons. The third-order valence-corrected chi connectivity index (χ3v) is 12.6. The van der Waals surface area contributed by atoms with Gasteiger partial charge < -0.3 is 30.0 Å². The van der Waals surface area contributed by atoms with E-state index in [1.165, 1.54) is 79.8 Å². The molecule has 0 spiro atoms. The number of carbonyl (C=O) groups is 4. The highest BCUT2D eigenvalue weighted by atomic mass is 32.1. The van der Waals surface area contributed by atoms with Crippen LogP contribution in [0.3, 0.4) is 0 Å². The molecule has 8 rings (SSSR count). The highest BCUT2D eigenvalue weighted by molar-refractivity contribution is 7.10. The van der Waals surface area contributed by atoms with Crippen molar-refractivity contribution in [3.8, 4) is 0 Å². The summed E-state index contributed by atoms with van der Waals surface area (Å²) in [4.78, 5) is 57.3. The van der Waals surface area contributed by atoms with Crippen LogP contribution in [0.4, 0.5) is 11.4 Å². The van der Waals surface area contributed by atoms with Crippen molar-refractivity contribution in [1.82, 2.24) is 19.1 Å². The van der Waals surface area contributed by atoms with Crippen LogP contribution in [0.2, 0.25) is 0 Å². The van der Waals surface area contributed by atoms with E-state index in [0.29, 0.717) is 41.8 Å². The van der Waals surface area contributed by atoms with Crippen molar-refractivity contribution in [1.29, 1.82) is 0 Å². The Kier molecular flexibility index (Phi) is 13.5. The zero-order chi connectivity index (χ0) is 42.2. The Morgan fingerprint density at radius 2 is 1.20 bits per heavy atom. The van der Waals surface area contributed by atoms with Crippen molar-refractivity contribution < 1.29 is 29.4 Å². The Labute approximate surface area is 356 Å². The first-order chi connectivity index (χ1) is 29.0. The average Bonchev–Trinajstić information content (AvgIpc) is 4.07. The fourth-order valence-electron chi connectivity index (χ4n) is 7.58. The van der Waals surface area contributed by atoms with Gasteiger partial charge in [-0.3, -0.25) is 9.59 Å². The number of amides is 2. The molecule has 2 aromatic carbocycles. The molecular formula is C46H48N6O6S2. The predicted molar refractivity (Wildman–Crippen MR) is 236 cm³/mol. The molecule has 2 amide bonds. The minimum Gasteiger partial charge on any atom is -0.478 e. The monoisotopic (exact) mass is 844 g/mol. The number of hydrogen-bond acceptors (Lipinski definition) is 8. The molecule has 2 aliphatic rings. The van der Waals surface area contributed by atoms with Gasteiger partial charge in [0, 0.05) is 40.4 Å². The molecule has 0 saturated heterocycles. The molecule has 4 heterocycles. The molecule has 1 fully saturated rings. The van der Waals surface area contributed by atoms with Gasteiger partial charge in [0.1, 0.15) is 16.4 Å². The first-order valence-electron chi connectivity index (χ1n) is 20.2. The minimum absolute atomic E-state index is 0.180. The zero-order valence-corrected chi connectivity index (χ0v) is 35.3. The third-order valence-electron chi connectivity index (χ3n) is 10.6. The lowest BCUT2D eigenvalue weighted by molar-refractivity contribution is 0.0686. The molecule has 14 heteroatoms. The van der Waals surface area contributed by atoms with Gasteiger partial charge in [0.05, 0.1) is 40.6 Å². The molecule has 0 unspecified atom stereocenters. The van der Waals surface area contributed by atoms with Gasteiger partial charge in [-0.25, -0.2) is 19.6 Å². The smallest absolute Gasteiger partial charge is 0.335 e. The fourth-order valence-corrected chi connectivity index (χ4v) is 9.44. The van der Waals surface area contributed by atoms with Crippen LogP contribution < -0.4 is 10.6 Å². The van der Waals surface area contributed by atoms with Crippen LogP contribution in [-0.4, -0.2) is 53.1 Å². The summed E-state index contributed by atoms with van der Waals surface area (Å²) < 4.78 is 3.83. The summed E-state index contributed by atoms with van der Waals surface area (Å²) in [6.45, 7) is 4.99. The molecule has 60 heavy (non-hydrogen) atoms. The van der Waals surface area contributed by atoms with E-state index in [4.69, 9.17) is 20.2 Å². The quantitative estimate of drug-likeness (QED) is 0.0944. The van der Waals surface area contributed by atoms with Crippen LogP contribution in [0, 0.1) is 13.8 Å². The Morgan fingerprint density at radius 3 is 1.70 bits per heavy atom. The standard InChI is InChI=1S/C23H25N3O3S.C23H23N3O3S/c2*1-15-11-20(21(27)24-18-9-7-17(8-10-18)23(28)29)26(12-15)13-19-14-30-22(25-19)16-5-3-2-4-6-16/h7-12,14,16H,2-6,13H2,1H3,(H,24,27)(H,28,29);5,7-12,14H,2-4,6,13H2,1H3,(H,24,27)(H,28,29). The summed E-state index contributed by atoms with van der Waals surface area (Å²) >= 11 is 3.39. The maximum Gasteiger partial charge on any atom is 0.335 e. The van der Waals surface area contributed by atoms with Gasteiger partial charge in [-0.15, -0.1) is 22.7 Å². The van der Waals surface area contributed by atoms with E-state index < -0.39 is 11.9 Å². The third kappa shape index (κ3) is 10.7. The van der Waals surface area contributed by atoms with Gasteiger partial charge in [0.2, 0.25) is 0 Å². The normalized spacial score (nSPS) is 14.1. The summed E-state index contributed by atoms with van der Waals surface area (Å²) in [5.74, 6) is -1.87. The second-order valence-corrected chi connectivity index (χ2v) is 17.1. The zero-order valence-electron chi connectivity index (χ0n) is 33.6. The van der Waals surface area contributed by atoms with Crippen molar-refractivity contribution in [2.24, 2.45) is 0 Å². The van der Waals surface area contributed by atoms with Crippen molar-refractivity contribution >= 4 is 63.4 Å². The highest BCUT2D eigenvalue weighted by Gasteiger charge is 2.21. The topological polar surface area (TPSA) is 168 Å². The maximum atomic E-state index is 12.8. The van der Waals surface area contributed by atoms with Crippen LogP contribution >= 0.6 is 22.7 Å². The summed E-state index contributed by atoms with van der Waals surface area (Å²) in [5.41, 5.74) is 7.83. The predicted octanol–water partition coefficient (Wildman–Crippen LogP) is 10.5. The molecule has 0 bridgehead atoms. The number of carboxylic acids is 2. The lowest BCUT2D eigenvalue weighted by Gasteiger charge is -2.18.